The van der Waals surface area contributed by atoms with E-state index in [0.29, 0.717) is 23.6 Å². The van der Waals surface area contributed by atoms with E-state index < -0.39 is 0 Å². The maximum atomic E-state index is 13.0. The largest absolute Gasteiger partial charge is 0.493 e. The second-order valence-electron chi connectivity index (χ2n) is 6.39. The molecule has 0 N–H and O–H groups in total. The van der Waals surface area contributed by atoms with E-state index in [1.807, 2.05) is 41.7 Å². The Morgan fingerprint density at radius 2 is 2.32 bits per heavy atom. The molecule has 25 heavy (non-hydrogen) atoms. The van der Waals surface area contributed by atoms with Gasteiger partial charge in [0.1, 0.15) is 6.61 Å². The quantitative estimate of drug-likeness (QED) is 0.862. The van der Waals surface area contributed by atoms with Gasteiger partial charge in [0.15, 0.2) is 11.5 Å². The lowest BCUT2D eigenvalue weighted by atomic mass is 10.0. The van der Waals surface area contributed by atoms with Gasteiger partial charge >= 0.3 is 0 Å². The zero-order chi connectivity index (χ0) is 17.2. The number of benzene rings is 1. The number of piperidine rings is 1. The Kier molecular flexibility index (Phi) is 4.17. The van der Waals surface area contributed by atoms with Crippen LogP contribution in [0.5, 0.6) is 11.5 Å². The van der Waals surface area contributed by atoms with E-state index >= 15 is 0 Å². The number of nitrogens with zero attached hydrogens (tertiary/aromatic N) is 3. The molecular weight excluding hydrogens is 318 g/mol. The molecule has 1 atom stereocenters. The van der Waals surface area contributed by atoms with E-state index in [2.05, 4.69) is 9.55 Å². The second-order valence-corrected chi connectivity index (χ2v) is 6.39. The van der Waals surface area contributed by atoms with Crippen LogP contribution in [0.1, 0.15) is 24.4 Å². The molecule has 0 spiro atoms. The molecule has 1 aromatic carbocycles. The molecule has 130 valence electrons. The van der Waals surface area contributed by atoms with Crippen LogP contribution in [-0.4, -0.2) is 47.2 Å². The predicted octanol–water partition coefficient (Wildman–Crippen LogP) is 2.53. The molecule has 0 unspecified atom stereocenters. The average Bonchev–Trinajstić information content (AvgIpc) is 3.21. The molecule has 2 aromatic rings. The number of hydrogen-bond acceptors (Lipinski definition) is 4. The van der Waals surface area contributed by atoms with Gasteiger partial charge in [0, 0.05) is 31.0 Å². The molecule has 1 fully saturated rings. The summed E-state index contributed by atoms with van der Waals surface area (Å²) >= 11 is 0. The Morgan fingerprint density at radius 3 is 3.12 bits per heavy atom. The number of aromatic nitrogens is 2. The SMILES string of the molecule is COc1cccc2c1OCC(C(=O)N1CCC[C@@H](n3ccnc3)C1)=C2. The number of fused-ring (bicyclic) bond motifs is 1. The second kappa shape index (κ2) is 6.63. The molecule has 0 saturated carbocycles. The van der Waals surface area contributed by atoms with Crippen LogP contribution >= 0.6 is 0 Å². The van der Waals surface area contributed by atoms with Gasteiger partial charge in [0.05, 0.1) is 25.1 Å². The van der Waals surface area contributed by atoms with Crippen molar-refractivity contribution in [3.8, 4) is 11.5 Å². The van der Waals surface area contributed by atoms with Crippen LogP contribution in [0.4, 0.5) is 0 Å². The van der Waals surface area contributed by atoms with Gasteiger partial charge in [-0.1, -0.05) is 12.1 Å². The lowest BCUT2D eigenvalue weighted by Gasteiger charge is -2.34. The van der Waals surface area contributed by atoms with Gasteiger partial charge in [0.25, 0.3) is 5.91 Å². The first kappa shape index (κ1) is 15.7. The van der Waals surface area contributed by atoms with Crippen molar-refractivity contribution in [3.63, 3.8) is 0 Å². The van der Waals surface area contributed by atoms with Crippen LogP contribution in [0.15, 0.2) is 42.5 Å². The minimum absolute atomic E-state index is 0.0540. The maximum Gasteiger partial charge on any atom is 0.253 e. The number of likely N-dealkylation sites (tertiary alicyclic amines) is 1. The number of methoxy groups -OCH3 is 1. The van der Waals surface area contributed by atoms with Crippen LogP contribution in [0.25, 0.3) is 6.08 Å². The van der Waals surface area contributed by atoms with E-state index in [4.69, 9.17) is 9.47 Å². The van der Waals surface area contributed by atoms with Crippen LogP contribution in [-0.2, 0) is 4.79 Å². The van der Waals surface area contributed by atoms with Crippen molar-refractivity contribution in [2.75, 3.05) is 26.8 Å². The molecule has 1 amide bonds. The zero-order valence-electron chi connectivity index (χ0n) is 14.2. The van der Waals surface area contributed by atoms with E-state index in [-0.39, 0.29) is 18.6 Å². The normalized spacial score (nSPS) is 19.6. The third kappa shape index (κ3) is 2.99. The van der Waals surface area contributed by atoms with Crippen molar-refractivity contribution in [1.82, 2.24) is 14.5 Å². The minimum atomic E-state index is 0.0540. The molecule has 2 aliphatic rings. The minimum Gasteiger partial charge on any atom is -0.493 e. The molecule has 1 saturated heterocycles. The van der Waals surface area contributed by atoms with Gasteiger partial charge in [0.2, 0.25) is 0 Å². The molecule has 6 nitrogen and oxygen atoms in total. The van der Waals surface area contributed by atoms with Crippen molar-refractivity contribution in [1.29, 1.82) is 0 Å². The van der Waals surface area contributed by atoms with Gasteiger partial charge in [-0.3, -0.25) is 4.79 Å². The number of ether oxygens (including phenoxy) is 2. The molecular formula is C19H21N3O3. The first-order chi connectivity index (χ1) is 12.3. The number of amides is 1. The third-order valence-corrected chi connectivity index (χ3v) is 4.84. The average molecular weight is 339 g/mol. The first-order valence-corrected chi connectivity index (χ1v) is 8.53. The summed E-state index contributed by atoms with van der Waals surface area (Å²) in [6, 6.07) is 5.99. The Bertz CT molecular complexity index is 798. The van der Waals surface area contributed by atoms with Crippen molar-refractivity contribution in [2.24, 2.45) is 0 Å². The molecule has 3 heterocycles. The summed E-state index contributed by atoms with van der Waals surface area (Å²) in [4.78, 5) is 19.0. The van der Waals surface area contributed by atoms with Crippen LogP contribution in [0.3, 0.4) is 0 Å². The number of carbonyl (C=O) groups excluding carboxylic acids is 1. The van der Waals surface area contributed by atoms with Crippen LogP contribution in [0.2, 0.25) is 0 Å². The highest BCUT2D eigenvalue weighted by Gasteiger charge is 2.28. The Labute approximate surface area is 146 Å². The molecule has 2 aliphatic heterocycles. The highest BCUT2D eigenvalue weighted by atomic mass is 16.5. The fraction of sp³-hybridized carbons (Fsp3) is 0.368. The van der Waals surface area contributed by atoms with E-state index in [1.54, 1.807) is 13.3 Å². The Balaban J connectivity index is 1.53. The number of hydrogen-bond donors (Lipinski definition) is 0. The molecule has 6 heteroatoms. The Morgan fingerprint density at radius 1 is 1.40 bits per heavy atom. The summed E-state index contributed by atoms with van der Waals surface area (Å²) in [5.41, 5.74) is 1.57. The van der Waals surface area contributed by atoms with E-state index in [9.17, 15) is 4.79 Å². The zero-order valence-corrected chi connectivity index (χ0v) is 14.2. The molecule has 4 rings (SSSR count). The highest BCUT2D eigenvalue weighted by molar-refractivity contribution is 5.99. The third-order valence-electron chi connectivity index (χ3n) is 4.84. The van der Waals surface area contributed by atoms with E-state index in [0.717, 1.165) is 24.9 Å². The van der Waals surface area contributed by atoms with E-state index in [1.165, 1.54) is 0 Å². The van der Waals surface area contributed by atoms with Crippen molar-refractivity contribution >= 4 is 12.0 Å². The summed E-state index contributed by atoms with van der Waals surface area (Å²) in [7, 11) is 1.62. The molecule has 1 aromatic heterocycles. The summed E-state index contributed by atoms with van der Waals surface area (Å²) in [5.74, 6) is 1.45. The smallest absolute Gasteiger partial charge is 0.253 e. The lowest BCUT2D eigenvalue weighted by Crippen LogP contribution is -2.42. The maximum absolute atomic E-state index is 13.0. The number of imidazole rings is 1. The molecule has 0 radical (unpaired) electrons. The number of rotatable bonds is 3. The van der Waals surface area contributed by atoms with Gasteiger partial charge in [-0.05, 0) is 25.0 Å². The topological polar surface area (TPSA) is 56.6 Å². The van der Waals surface area contributed by atoms with Gasteiger partial charge in [-0.15, -0.1) is 0 Å². The summed E-state index contributed by atoms with van der Waals surface area (Å²) in [6.07, 6.45) is 9.55. The summed E-state index contributed by atoms with van der Waals surface area (Å²) in [6.45, 7) is 1.77. The number of carbonyl (C=O) groups is 1. The molecule has 0 bridgehead atoms. The van der Waals surface area contributed by atoms with Gasteiger partial charge in [-0.2, -0.15) is 0 Å². The van der Waals surface area contributed by atoms with Crippen molar-refractivity contribution < 1.29 is 14.3 Å². The lowest BCUT2D eigenvalue weighted by molar-refractivity contribution is -0.129. The Hall–Kier alpha value is -2.76. The summed E-state index contributed by atoms with van der Waals surface area (Å²) < 4.78 is 13.2. The first-order valence-electron chi connectivity index (χ1n) is 8.53. The predicted molar refractivity (Wildman–Crippen MR) is 93.5 cm³/mol. The molecule has 0 aliphatic carbocycles. The highest BCUT2D eigenvalue weighted by Crippen LogP contribution is 2.36. The fourth-order valence-electron chi connectivity index (χ4n) is 3.54. The van der Waals surface area contributed by atoms with Gasteiger partial charge < -0.3 is 18.9 Å². The van der Waals surface area contributed by atoms with Crippen molar-refractivity contribution in [3.05, 3.63) is 48.1 Å². The summed E-state index contributed by atoms with van der Waals surface area (Å²) in [5, 5.41) is 0. The fourth-order valence-corrected chi connectivity index (χ4v) is 3.54. The monoisotopic (exact) mass is 339 g/mol. The van der Waals surface area contributed by atoms with Gasteiger partial charge in [-0.25, -0.2) is 4.98 Å². The van der Waals surface area contributed by atoms with Crippen LogP contribution < -0.4 is 9.47 Å². The van der Waals surface area contributed by atoms with Crippen molar-refractivity contribution in [2.45, 2.75) is 18.9 Å². The standard InChI is InChI=1S/C19H21N3O3/c1-24-17-6-2-4-14-10-15(12-25-18(14)17)19(23)21-8-3-5-16(11-21)22-9-7-20-13-22/h2,4,6-7,9-10,13,16H,3,5,8,11-12H2,1H3/t16-/m1/s1. The van der Waals surface area contributed by atoms with Crippen LogP contribution in [0, 0.1) is 0 Å². The number of para-hydroxylation sites is 1.